The zero-order chi connectivity index (χ0) is 16.1. The molecule has 2 aromatic rings. The Bertz CT molecular complexity index is 586. The van der Waals surface area contributed by atoms with Crippen molar-refractivity contribution < 1.29 is 18.7 Å². The number of nitrogens with two attached hydrogens (primary N) is 1. The molecule has 0 amide bonds. The van der Waals surface area contributed by atoms with Gasteiger partial charge in [0.25, 0.3) is 0 Å². The first-order chi connectivity index (χ1) is 10.5. The molecule has 0 aliphatic rings. The van der Waals surface area contributed by atoms with Crippen LogP contribution in [0.3, 0.4) is 0 Å². The number of halogens is 2. The molecule has 1 atom stereocenters. The summed E-state index contributed by atoms with van der Waals surface area (Å²) in [6, 6.07) is 10.9. The number of hydrogen-bond acceptors (Lipinski definition) is 3. The molecule has 116 valence electrons. The van der Waals surface area contributed by atoms with Crippen LogP contribution in [-0.4, -0.2) is 22.9 Å². The molecule has 0 spiro atoms. The smallest absolute Gasteiger partial charge is 0.321 e. The van der Waals surface area contributed by atoms with Crippen molar-refractivity contribution >= 4 is 17.7 Å². The Hall–Kier alpha value is -1.92. The Morgan fingerprint density at radius 1 is 1.00 bits per heavy atom. The molecule has 0 saturated heterocycles. The van der Waals surface area contributed by atoms with Gasteiger partial charge in [0.05, 0.1) is 5.25 Å². The highest BCUT2D eigenvalue weighted by molar-refractivity contribution is 7.99. The molecule has 2 aromatic carbocycles. The summed E-state index contributed by atoms with van der Waals surface area (Å²) in [6.07, 6.45) is 0. The van der Waals surface area contributed by atoms with Crippen molar-refractivity contribution in [3.63, 3.8) is 0 Å². The minimum Gasteiger partial charge on any atom is -0.480 e. The van der Waals surface area contributed by atoms with Crippen LogP contribution in [-0.2, 0) is 4.79 Å². The number of aliphatic carboxylic acids is 1. The van der Waals surface area contributed by atoms with Crippen molar-refractivity contribution in [1.29, 1.82) is 0 Å². The maximum Gasteiger partial charge on any atom is 0.321 e. The van der Waals surface area contributed by atoms with Crippen molar-refractivity contribution in [3.05, 3.63) is 71.3 Å². The van der Waals surface area contributed by atoms with Crippen LogP contribution < -0.4 is 5.73 Å². The molecule has 2 rings (SSSR count). The van der Waals surface area contributed by atoms with E-state index in [1.807, 2.05) is 0 Å². The summed E-state index contributed by atoms with van der Waals surface area (Å²) >= 11 is 1.33. The van der Waals surface area contributed by atoms with Gasteiger partial charge < -0.3 is 10.8 Å². The van der Waals surface area contributed by atoms with E-state index in [0.717, 1.165) is 11.1 Å². The van der Waals surface area contributed by atoms with Crippen LogP contribution in [0.4, 0.5) is 8.78 Å². The maximum absolute atomic E-state index is 13.1. The predicted octanol–water partition coefficient (Wildman–Crippen LogP) is 3.20. The molecule has 0 aromatic heterocycles. The summed E-state index contributed by atoms with van der Waals surface area (Å²) in [6.45, 7) is 0. The van der Waals surface area contributed by atoms with Crippen LogP contribution in [0.25, 0.3) is 0 Å². The molecule has 0 aliphatic heterocycles. The fourth-order valence-corrected chi connectivity index (χ4v) is 3.17. The van der Waals surface area contributed by atoms with E-state index in [0.29, 0.717) is 0 Å². The summed E-state index contributed by atoms with van der Waals surface area (Å²) in [5.41, 5.74) is 7.13. The highest BCUT2D eigenvalue weighted by Crippen LogP contribution is 2.36. The standard InChI is InChI=1S/C16H15F2NO2S/c17-12-5-1-10(2-6-12)15(22-9-14(19)16(20)21)11-3-7-13(18)8-4-11/h1-8,14-15H,9,19H2,(H,20,21). The number of carbonyl (C=O) groups is 1. The average Bonchev–Trinajstić information content (AvgIpc) is 2.50. The Morgan fingerprint density at radius 3 is 1.77 bits per heavy atom. The quantitative estimate of drug-likeness (QED) is 0.857. The monoisotopic (exact) mass is 323 g/mol. The van der Waals surface area contributed by atoms with E-state index in [1.165, 1.54) is 36.0 Å². The van der Waals surface area contributed by atoms with Gasteiger partial charge in [-0.2, -0.15) is 0 Å². The summed E-state index contributed by atoms with van der Waals surface area (Å²) in [5.74, 6) is -1.60. The van der Waals surface area contributed by atoms with Gasteiger partial charge in [0.2, 0.25) is 0 Å². The predicted molar refractivity (Wildman–Crippen MR) is 82.7 cm³/mol. The molecule has 1 unspecified atom stereocenters. The summed E-state index contributed by atoms with van der Waals surface area (Å²) in [4.78, 5) is 10.8. The first kappa shape index (κ1) is 16.5. The molecule has 0 aliphatic carbocycles. The van der Waals surface area contributed by atoms with Crippen LogP contribution in [0.1, 0.15) is 16.4 Å². The summed E-state index contributed by atoms with van der Waals surface area (Å²) in [5, 5.41) is 8.63. The van der Waals surface area contributed by atoms with Crippen molar-refractivity contribution in [2.45, 2.75) is 11.3 Å². The second-order valence-electron chi connectivity index (χ2n) is 4.76. The molecule has 3 N–H and O–H groups in total. The molecule has 3 nitrogen and oxygen atoms in total. The Balaban J connectivity index is 2.25. The van der Waals surface area contributed by atoms with Crippen molar-refractivity contribution in [2.75, 3.05) is 5.75 Å². The number of hydrogen-bond donors (Lipinski definition) is 2. The zero-order valence-corrected chi connectivity index (χ0v) is 12.4. The lowest BCUT2D eigenvalue weighted by Gasteiger charge is -2.19. The molecule has 0 bridgehead atoms. The highest BCUT2D eigenvalue weighted by Gasteiger charge is 2.19. The Morgan fingerprint density at radius 2 is 1.41 bits per heavy atom. The summed E-state index contributed by atoms with van der Waals surface area (Å²) < 4.78 is 26.1. The van der Waals surface area contributed by atoms with Crippen LogP contribution >= 0.6 is 11.8 Å². The molecule has 22 heavy (non-hydrogen) atoms. The van der Waals surface area contributed by atoms with Crippen molar-refractivity contribution in [2.24, 2.45) is 5.73 Å². The van der Waals surface area contributed by atoms with Gasteiger partial charge in [0, 0.05) is 5.75 Å². The molecule has 0 saturated carbocycles. The lowest BCUT2D eigenvalue weighted by atomic mass is 10.0. The highest BCUT2D eigenvalue weighted by atomic mass is 32.2. The van der Waals surface area contributed by atoms with Gasteiger partial charge in [-0.15, -0.1) is 11.8 Å². The number of rotatable bonds is 6. The van der Waals surface area contributed by atoms with Gasteiger partial charge in [0.15, 0.2) is 0 Å². The molecular formula is C16H15F2NO2S. The topological polar surface area (TPSA) is 63.3 Å². The minimum atomic E-state index is -1.08. The maximum atomic E-state index is 13.1. The summed E-state index contributed by atoms with van der Waals surface area (Å²) in [7, 11) is 0. The minimum absolute atomic E-state index is 0.189. The van der Waals surface area contributed by atoms with Gasteiger partial charge in [-0.25, -0.2) is 8.78 Å². The van der Waals surface area contributed by atoms with E-state index in [2.05, 4.69) is 0 Å². The first-order valence-electron chi connectivity index (χ1n) is 6.58. The van der Waals surface area contributed by atoms with Crippen LogP contribution in [0, 0.1) is 11.6 Å². The zero-order valence-electron chi connectivity index (χ0n) is 11.6. The largest absolute Gasteiger partial charge is 0.480 e. The third-order valence-electron chi connectivity index (χ3n) is 3.11. The molecule has 0 radical (unpaired) electrons. The van der Waals surface area contributed by atoms with E-state index in [-0.39, 0.29) is 22.6 Å². The van der Waals surface area contributed by atoms with E-state index in [4.69, 9.17) is 10.8 Å². The number of carboxylic acid groups (broad SMARTS) is 1. The average molecular weight is 323 g/mol. The van der Waals surface area contributed by atoms with E-state index in [9.17, 15) is 13.6 Å². The van der Waals surface area contributed by atoms with Crippen LogP contribution in [0.2, 0.25) is 0 Å². The second kappa shape index (κ2) is 7.38. The van der Waals surface area contributed by atoms with E-state index < -0.39 is 12.0 Å². The van der Waals surface area contributed by atoms with E-state index >= 15 is 0 Å². The van der Waals surface area contributed by atoms with Crippen LogP contribution in [0.15, 0.2) is 48.5 Å². The number of benzene rings is 2. The van der Waals surface area contributed by atoms with Gasteiger partial charge in [-0.1, -0.05) is 24.3 Å². The molecular weight excluding hydrogens is 308 g/mol. The molecule has 0 heterocycles. The Labute approximate surface area is 131 Å². The van der Waals surface area contributed by atoms with Gasteiger partial charge >= 0.3 is 5.97 Å². The third kappa shape index (κ3) is 4.29. The van der Waals surface area contributed by atoms with Crippen molar-refractivity contribution in [1.82, 2.24) is 0 Å². The number of carboxylic acids is 1. The van der Waals surface area contributed by atoms with Crippen molar-refractivity contribution in [3.8, 4) is 0 Å². The fraction of sp³-hybridized carbons (Fsp3) is 0.188. The second-order valence-corrected chi connectivity index (χ2v) is 5.90. The van der Waals surface area contributed by atoms with Gasteiger partial charge in [-0.3, -0.25) is 4.79 Å². The lowest BCUT2D eigenvalue weighted by molar-refractivity contribution is -0.137. The van der Waals surface area contributed by atoms with Crippen LogP contribution in [0.5, 0.6) is 0 Å². The Kier molecular flexibility index (Phi) is 5.51. The number of thioether (sulfide) groups is 1. The molecule has 0 fully saturated rings. The van der Waals surface area contributed by atoms with E-state index in [1.54, 1.807) is 24.3 Å². The first-order valence-corrected chi connectivity index (χ1v) is 7.63. The van der Waals surface area contributed by atoms with Gasteiger partial charge in [0.1, 0.15) is 17.7 Å². The third-order valence-corrected chi connectivity index (χ3v) is 4.53. The normalized spacial score (nSPS) is 12.4. The SMILES string of the molecule is NC(CSC(c1ccc(F)cc1)c1ccc(F)cc1)C(=O)O. The molecule has 6 heteroatoms. The van der Waals surface area contributed by atoms with Gasteiger partial charge in [-0.05, 0) is 35.4 Å². The fourth-order valence-electron chi connectivity index (χ4n) is 1.93. The lowest BCUT2D eigenvalue weighted by Crippen LogP contribution is -2.32.